The Kier molecular flexibility index (Phi) is 11.7. The standard InChI is InChI=1S/C32H44O5Si/c1-26(22-35-23-27-15-9-6-10-16-27)31(36-25-34-5)21-28(33)24-37-38(32(2,3)4,29-17-11-7-12-18-29)30-19-13-8-14-20-30/h6-20,26,28,31,33H,21-25H2,1-5H3/t26-,28?,31+/m1/s1. The molecule has 0 bridgehead atoms. The van der Waals surface area contributed by atoms with Crippen LogP contribution in [0.4, 0.5) is 0 Å². The Hall–Kier alpha value is -2.32. The third-order valence-corrected chi connectivity index (χ3v) is 11.9. The number of benzene rings is 3. The van der Waals surface area contributed by atoms with Crippen LogP contribution in [0.15, 0.2) is 91.0 Å². The molecule has 3 atom stereocenters. The molecule has 5 nitrogen and oxygen atoms in total. The maximum Gasteiger partial charge on any atom is 0.261 e. The van der Waals surface area contributed by atoms with Gasteiger partial charge in [0, 0.05) is 19.4 Å². The number of rotatable bonds is 15. The van der Waals surface area contributed by atoms with Gasteiger partial charge in [-0.3, -0.25) is 0 Å². The maximum absolute atomic E-state index is 11.2. The van der Waals surface area contributed by atoms with Crippen molar-refractivity contribution < 1.29 is 23.7 Å². The average molecular weight is 537 g/mol. The molecule has 206 valence electrons. The van der Waals surface area contributed by atoms with Gasteiger partial charge in [0.15, 0.2) is 0 Å². The molecule has 1 unspecified atom stereocenters. The molecule has 0 amide bonds. The fraction of sp³-hybridized carbons (Fsp3) is 0.438. The van der Waals surface area contributed by atoms with E-state index in [1.54, 1.807) is 7.11 Å². The molecule has 1 N–H and O–H groups in total. The SMILES string of the molecule is COCO[C@@H](CC(O)CO[Si](c1ccccc1)(c1ccccc1)C(C)(C)C)[C@H](C)COCc1ccccc1. The zero-order valence-electron chi connectivity index (χ0n) is 23.5. The number of methoxy groups -OCH3 is 1. The Balaban J connectivity index is 1.72. The summed E-state index contributed by atoms with van der Waals surface area (Å²) in [5.74, 6) is 0.0661. The summed E-state index contributed by atoms with van der Waals surface area (Å²) in [6.45, 7) is 10.2. The van der Waals surface area contributed by atoms with E-state index >= 15 is 0 Å². The van der Waals surface area contributed by atoms with E-state index in [1.165, 1.54) is 10.4 Å². The lowest BCUT2D eigenvalue weighted by molar-refractivity contribution is -0.114. The van der Waals surface area contributed by atoms with Gasteiger partial charge < -0.3 is 23.7 Å². The molecule has 0 saturated heterocycles. The van der Waals surface area contributed by atoms with Crippen molar-refractivity contribution >= 4 is 18.7 Å². The number of hydrogen-bond donors (Lipinski definition) is 1. The molecule has 0 aliphatic rings. The normalized spacial score (nSPS) is 14.7. The van der Waals surface area contributed by atoms with E-state index in [-0.39, 0.29) is 30.5 Å². The summed E-state index contributed by atoms with van der Waals surface area (Å²) >= 11 is 0. The van der Waals surface area contributed by atoms with Crippen LogP contribution in [0.25, 0.3) is 0 Å². The Morgan fingerprint density at radius 3 is 1.82 bits per heavy atom. The van der Waals surface area contributed by atoms with Crippen molar-refractivity contribution in [3.05, 3.63) is 96.6 Å². The van der Waals surface area contributed by atoms with Crippen molar-refractivity contribution in [3.8, 4) is 0 Å². The third-order valence-electron chi connectivity index (χ3n) is 6.94. The van der Waals surface area contributed by atoms with Gasteiger partial charge in [-0.05, 0) is 21.0 Å². The molecule has 0 heterocycles. The van der Waals surface area contributed by atoms with Crippen molar-refractivity contribution in [3.63, 3.8) is 0 Å². The van der Waals surface area contributed by atoms with Crippen molar-refractivity contribution in [1.82, 2.24) is 0 Å². The molecule has 6 heteroatoms. The van der Waals surface area contributed by atoms with Gasteiger partial charge in [-0.1, -0.05) is 119 Å². The highest BCUT2D eigenvalue weighted by Gasteiger charge is 2.50. The van der Waals surface area contributed by atoms with E-state index in [1.807, 2.05) is 30.3 Å². The number of aliphatic hydroxyl groups excluding tert-OH is 1. The van der Waals surface area contributed by atoms with Gasteiger partial charge >= 0.3 is 0 Å². The molecule has 0 fully saturated rings. The monoisotopic (exact) mass is 536 g/mol. The molecule has 0 aliphatic heterocycles. The van der Waals surface area contributed by atoms with Crippen molar-refractivity contribution in [2.75, 3.05) is 27.1 Å². The Morgan fingerprint density at radius 2 is 1.32 bits per heavy atom. The zero-order valence-corrected chi connectivity index (χ0v) is 24.5. The van der Waals surface area contributed by atoms with Gasteiger partial charge in [-0.2, -0.15) is 0 Å². The molecular weight excluding hydrogens is 492 g/mol. The lowest BCUT2D eigenvalue weighted by atomic mass is 10.00. The van der Waals surface area contributed by atoms with Crippen LogP contribution in [0.1, 0.15) is 39.7 Å². The van der Waals surface area contributed by atoms with Crippen molar-refractivity contribution in [1.29, 1.82) is 0 Å². The van der Waals surface area contributed by atoms with E-state index in [9.17, 15) is 5.11 Å². The van der Waals surface area contributed by atoms with Crippen molar-refractivity contribution in [2.24, 2.45) is 5.92 Å². The minimum atomic E-state index is -2.72. The molecule has 38 heavy (non-hydrogen) atoms. The summed E-state index contributed by atoms with van der Waals surface area (Å²) in [6, 6.07) is 31.1. The Labute approximate surface area is 229 Å². The smallest absolute Gasteiger partial charge is 0.261 e. The zero-order chi connectivity index (χ0) is 27.4. The Morgan fingerprint density at radius 1 is 0.789 bits per heavy atom. The highest BCUT2D eigenvalue weighted by atomic mass is 28.4. The van der Waals surface area contributed by atoms with E-state index in [2.05, 4.69) is 88.4 Å². The van der Waals surface area contributed by atoms with Gasteiger partial charge in [0.25, 0.3) is 8.32 Å². The fourth-order valence-electron chi connectivity index (χ4n) is 4.98. The minimum Gasteiger partial charge on any atom is -0.405 e. The second-order valence-electron chi connectivity index (χ2n) is 11.0. The van der Waals surface area contributed by atoms with Gasteiger partial charge in [0.1, 0.15) is 6.79 Å². The summed E-state index contributed by atoms with van der Waals surface area (Å²) < 4.78 is 24.1. The topological polar surface area (TPSA) is 57.2 Å². The average Bonchev–Trinajstić information content (AvgIpc) is 2.92. The summed E-state index contributed by atoms with van der Waals surface area (Å²) in [6.07, 6.45) is -0.504. The number of hydrogen-bond acceptors (Lipinski definition) is 5. The molecule has 3 aromatic carbocycles. The largest absolute Gasteiger partial charge is 0.405 e. The van der Waals surface area contributed by atoms with Crippen LogP contribution in [0, 0.1) is 5.92 Å². The predicted molar refractivity (Wildman–Crippen MR) is 156 cm³/mol. The first-order valence-electron chi connectivity index (χ1n) is 13.4. The van der Waals surface area contributed by atoms with Crippen LogP contribution >= 0.6 is 0 Å². The highest BCUT2D eigenvalue weighted by Crippen LogP contribution is 2.37. The summed E-state index contributed by atoms with van der Waals surface area (Å²) in [5, 5.41) is 13.5. The van der Waals surface area contributed by atoms with Gasteiger partial charge in [-0.25, -0.2) is 0 Å². The van der Waals surface area contributed by atoms with Gasteiger partial charge in [0.2, 0.25) is 0 Å². The minimum absolute atomic E-state index is 0.0661. The summed E-state index contributed by atoms with van der Waals surface area (Å²) in [7, 11) is -1.12. The quantitative estimate of drug-likeness (QED) is 0.215. The molecule has 0 aromatic heterocycles. The van der Waals surface area contributed by atoms with E-state index in [4.69, 9.17) is 18.6 Å². The van der Waals surface area contributed by atoms with Crippen LogP contribution in [0.5, 0.6) is 0 Å². The maximum atomic E-state index is 11.2. The molecule has 3 aromatic rings. The molecule has 0 aliphatic carbocycles. The molecule has 0 spiro atoms. The molecule has 3 rings (SSSR count). The summed E-state index contributed by atoms with van der Waals surface area (Å²) in [4.78, 5) is 0. The third kappa shape index (κ3) is 8.09. The number of aliphatic hydroxyl groups is 1. The van der Waals surface area contributed by atoms with Gasteiger partial charge in [-0.15, -0.1) is 0 Å². The van der Waals surface area contributed by atoms with Gasteiger partial charge in [0.05, 0.1) is 32.0 Å². The summed E-state index contributed by atoms with van der Waals surface area (Å²) in [5.41, 5.74) is 1.13. The van der Waals surface area contributed by atoms with Crippen LogP contribution in [-0.4, -0.2) is 52.7 Å². The Bertz CT molecular complexity index is 1000. The molecule has 0 radical (unpaired) electrons. The number of ether oxygens (including phenoxy) is 3. The van der Waals surface area contributed by atoms with E-state index in [0.717, 1.165) is 5.56 Å². The molecular formula is C32H44O5Si. The lowest BCUT2D eigenvalue weighted by Gasteiger charge is -2.43. The highest BCUT2D eigenvalue weighted by molar-refractivity contribution is 6.99. The molecule has 0 saturated carbocycles. The lowest BCUT2D eigenvalue weighted by Crippen LogP contribution is -2.67. The van der Waals surface area contributed by atoms with Crippen LogP contribution in [0.3, 0.4) is 0 Å². The second-order valence-corrected chi connectivity index (χ2v) is 15.3. The van der Waals surface area contributed by atoms with E-state index in [0.29, 0.717) is 19.6 Å². The fourth-order valence-corrected chi connectivity index (χ4v) is 9.58. The first-order valence-corrected chi connectivity index (χ1v) is 15.3. The predicted octanol–water partition coefficient (Wildman–Crippen LogP) is 5.16. The van der Waals surface area contributed by atoms with Crippen LogP contribution < -0.4 is 10.4 Å². The second kappa shape index (κ2) is 14.7. The van der Waals surface area contributed by atoms with Crippen LogP contribution in [-0.2, 0) is 25.2 Å². The van der Waals surface area contributed by atoms with E-state index < -0.39 is 14.4 Å². The van der Waals surface area contributed by atoms with Crippen molar-refractivity contribution in [2.45, 2.75) is 58.0 Å². The van der Waals surface area contributed by atoms with Crippen LogP contribution in [0.2, 0.25) is 5.04 Å². The first kappa shape index (κ1) is 30.2. The first-order chi connectivity index (χ1) is 18.3.